The van der Waals surface area contributed by atoms with E-state index in [4.69, 9.17) is 4.74 Å². The van der Waals surface area contributed by atoms with E-state index in [0.29, 0.717) is 24.7 Å². The van der Waals surface area contributed by atoms with Crippen molar-refractivity contribution in [3.8, 4) is 0 Å². The number of aliphatic imine (C=N–C) groups is 1. The molecule has 6 heteroatoms. The first-order chi connectivity index (χ1) is 9.67. The predicted molar refractivity (Wildman–Crippen MR) is 83.4 cm³/mol. The minimum Gasteiger partial charge on any atom is -0.385 e. The van der Waals surface area contributed by atoms with Crippen LogP contribution in [0.1, 0.15) is 18.9 Å². The van der Waals surface area contributed by atoms with Crippen LogP contribution in [-0.2, 0) is 11.3 Å². The summed E-state index contributed by atoms with van der Waals surface area (Å²) < 4.78 is 19.4. The summed E-state index contributed by atoms with van der Waals surface area (Å²) in [5, 5.41) is 6.31. The van der Waals surface area contributed by atoms with Gasteiger partial charge in [0.05, 0.1) is 6.54 Å². The van der Waals surface area contributed by atoms with Gasteiger partial charge in [-0.15, -0.1) is 0 Å². The summed E-state index contributed by atoms with van der Waals surface area (Å²) in [6.07, 6.45) is 0.895. The summed E-state index contributed by atoms with van der Waals surface area (Å²) in [7, 11) is 1.68. The van der Waals surface area contributed by atoms with Gasteiger partial charge in [-0.3, -0.25) is 0 Å². The van der Waals surface area contributed by atoms with Crippen LogP contribution in [-0.4, -0.2) is 32.8 Å². The summed E-state index contributed by atoms with van der Waals surface area (Å²) in [5.41, 5.74) is 0.563. The van der Waals surface area contributed by atoms with E-state index in [1.54, 1.807) is 19.2 Å². The van der Waals surface area contributed by atoms with Crippen molar-refractivity contribution in [2.75, 3.05) is 26.8 Å². The maximum absolute atomic E-state index is 13.6. The predicted octanol–water partition coefficient (Wildman–Crippen LogP) is 2.68. The van der Waals surface area contributed by atoms with Gasteiger partial charge in [0.25, 0.3) is 0 Å². The number of hydrogen-bond donors (Lipinski definition) is 2. The minimum absolute atomic E-state index is 0.243. The molecule has 0 aliphatic carbocycles. The van der Waals surface area contributed by atoms with Crippen molar-refractivity contribution in [3.63, 3.8) is 0 Å². The summed E-state index contributed by atoms with van der Waals surface area (Å²) in [4.78, 5) is 4.38. The maximum Gasteiger partial charge on any atom is 0.191 e. The van der Waals surface area contributed by atoms with Crippen molar-refractivity contribution in [1.29, 1.82) is 0 Å². The van der Waals surface area contributed by atoms with Gasteiger partial charge >= 0.3 is 0 Å². The number of guanidine groups is 1. The molecule has 0 fully saturated rings. The highest BCUT2D eigenvalue weighted by molar-refractivity contribution is 9.10. The Labute approximate surface area is 127 Å². The molecule has 1 aromatic carbocycles. The second-order valence-corrected chi connectivity index (χ2v) is 5.12. The van der Waals surface area contributed by atoms with Crippen molar-refractivity contribution in [2.45, 2.75) is 19.9 Å². The van der Waals surface area contributed by atoms with Crippen LogP contribution in [0, 0.1) is 5.82 Å². The quantitative estimate of drug-likeness (QED) is 0.453. The third kappa shape index (κ3) is 6.34. The fourth-order valence-electron chi connectivity index (χ4n) is 1.59. The van der Waals surface area contributed by atoms with Crippen LogP contribution in [0.25, 0.3) is 0 Å². The first-order valence-corrected chi connectivity index (χ1v) is 7.41. The molecule has 0 aromatic heterocycles. The molecule has 0 saturated carbocycles. The van der Waals surface area contributed by atoms with Gasteiger partial charge in [-0.2, -0.15) is 0 Å². The Kier molecular flexibility index (Phi) is 8.22. The van der Waals surface area contributed by atoms with Crippen LogP contribution in [0.3, 0.4) is 0 Å². The molecule has 0 bridgehead atoms. The average Bonchev–Trinajstić information content (AvgIpc) is 2.44. The van der Waals surface area contributed by atoms with Gasteiger partial charge in [-0.1, -0.05) is 15.9 Å². The number of hydrogen-bond acceptors (Lipinski definition) is 2. The summed E-state index contributed by atoms with van der Waals surface area (Å²) in [5.74, 6) is 0.440. The fourth-order valence-corrected chi connectivity index (χ4v) is 2.00. The van der Waals surface area contributed by atoms with Crippen LogP contribution >= 0.6 is 15.9 Å². The molecule has 2 N–H and O–H groups in total. The Hall–Kier alpha value is -1.14. The van der Waals surface area contributed by atoms with Gasteiger partial charge < -0.3 is 15.4 Å². The summed E-state index contributed by atoms with van der Waals surface area (Å²) in [6.45, 7) is 4.52. The van der Waals surface area contributed by atoms with E-state index in [1.807, 2.05) is 6.92 Å². The number of nitrogens with one attached hydrogen (secondary N) is 2. The molecule has 0 atom stereocenters. The fraction of sp³-hybridized carbons (Fsp3) is 0.500. The van der Waals surface area contributed by atoms with Crippen LogP contribution in [0.2, 0.25) is 0 Å². The molecule has 0 amide bonds. The smallest absolute Gasteiger partial charge is 0.191 e. The Morgan fingerprint density at radius 1 is 1.40 bits per heavy atom. The van der Waals surface area contributed by atoms with Gasteiger partial charge in [0.1, 0.15) is 5.82 Å². The molecule has 4 nitrogen and oxygen atoms in total. The normalized spacial score (nSPS) is 11.5. The lowest BCUT2D eigenvalue weighted by Crippen LogP contribution is -2.38. The zero-order valence-electron chi connectivity index (χ0n) is 11.9. The largest absolute Gasteiger partial charge is 0.385 e. The number of rotatable bonds is 7. The molecular weight excluding hydrogens is 325 g/mol. The number of methoxy groups -OCH3 is 1. The zero-order valence-corrected chi connectivity index (χ0v) is 13.5. The molecule has 20 heavy (non-hydrogen) atoms. The minimum atomic E-state index is -0.243. The molecule has 0 radical (unpaired) electrons. The molecule has 0 spiro atoms. The van der Waals surface area contributed by atoms with Crippen molar-refractivity contribution in [3.05, 3.63) is 34.1 Å². The van der Waals surface area contributed by atoms with Crippen LogP contribution in [0.4, 0.5) is 4.39 Å². The van der Waals surface area contributed by atoms with Gasteiger partial charge in [0.15, 0.2) is 5.96 Å². The van der Waals surface area contributed by atoms with E-state index >= 15 is 0 Å². The number of ether oxygens (including phenoxy) is 1. The molecule has 0 unspecified atom stereocenters. The van der Waals surface area contributed by atoms with E-state index in [-0.39, 0.29) is 5.82 Å². The standard InChI is InChI=1S/C14H21BrFN3O/c1-3-17-14(18-7-4-8-20-2)19-10-11-9-12(15)5-6-13(11)16/h5-6,9H,3-4,7-8,10H2,1-2H3,(H2,17,18,19). The lowest BCUT2D eigenvalue weighted by atomic mass is 10.2. The summed E-state index contributed by atoms with van der Waals surface area (Å²) in [6, 6.07) is 4.86. The SMILES string of the molecule is CCNC(=NCc1cc(Br)ccc1F)NCCCOC. The highest BCUT2D eigenvalue weighted by Gasteiger charge is 2.03. The molecule has 0 heterocycles. The monoisotopic (exact) mass is 345 g/mol. The van der Waals surface area contributed by atoms with E-state index in [0.717, 1.165) is 24.0 Å². The third-order valence-corrected chi connectivity index (χ3v) is 3.07. The van der Waals surface area contributed by atoms with Crippen molar-refractivity contribution < 1.29 is 9.13 Å². The summed E-state index contributed by atoms with van der Waals surface area (Å²) >= 11 is 3.33. The van der Waals surface area contributed by atoms with Gasteiger partial charge in [-0.05, 0) is 31.5 Å². The zero-order chi connectivity index (χ0) is 14.8. The third-order valence-electron chi connectivity index (χ3n) is 2.58. The highest BCUT2D eigenvalue weighted by atomic mass is 79.9. The Bertz CT molecular complexity index is 440. The Balaban J connectivity index is 2.59. The maximum atomic E-state index is 13.6. The Morgan fingerprint density at radius 2 is 2.20 bits per heavy atom. The molecule has 112 valence electrons. The number of halogens is 2. The van der Waals surface area contributed by atoms with E-state index in [2.05, 4.69) is 31.6 Å². The highest BCUT2D eigenvalue weighted by Crippen LogP contribution is 2.16. The van der Waals surface area contributed by atoms with Crippen molar-refractivity contribution in [1.82, 2.24) is 10.6 Å². The lowest BCUT2D eigenvalue weighted by Gasteiger charge is -2.11. The lowest BCUT2D eigenvalue weighted by molar-refractivity contribution is 0.195. The molecule has 0 aliphatic heterocycles. The first kappa shape index (κ1) is 16.9. The second-order valence-electron chi connectivity index (χ2n) is 4.20. The Morgan fingerprint density at radius 3 is 2.90 bits per heavy atom. The number of nitrogens with zero attached hydrogens (tertiary/aromatic N) is 1. The van der Waals surface area contributed by atoms with Gasteiger partial charge in [0, 0.05) is 36.8 Å². The topological polar surface area (TPSA) is 45.7 Å². The van der Waals surface area contributed by atoms with E-state index in [1.165, 1.54) is 6.07 Å². The van der Waals surface area contributed by atoms with Crippen LogP contribution < -0.4 is 10.6 Å². The average molecular weight is 346 g/mol. The molecule has 1 aromatic rings. The van der Waals surface area contributed by atoms with E-state index < -0.39 is 0 Å². The van der Waals surface area contributed by atoms with Crippen molar-refractivity contribution >= 4 is 21.9 Å². The first-order valence-electron chi connectivity index (χ1n) is 6.62. The molecule has 1 rings (SSSR count). The van der Waals surface area contributed by atoms with Gasteiger partial charge in [0.2, 0.25) is 0 Å². The molecular formula is C14H21BrFN3O. The van der Waals surface area contributed by atoms with Crippen LogP contribution in [0.15, 0.2) is 27.7 Å². The van der Waals surface area contributed by atoms with Crippen LogP contribution in [0.5, 0.6) is 0 Å². The van der Waals surface area contributed by atoms with E-state index in [9.17, 15) is 4.39 Å². The van der Waals surface area contributed by atoms with Gasteiger partial charge in [-0.25, -0.2) is 9.38 Å². The second kappa shape index (κ2) is 9.72. The van der Waals surface area contributed by atoms with Crippen molar-refractivity contribution in [2.24, 2.45) is 4.99 Å². The molecule has 0 aliphatic rings. The number of benzene rings is 1. The molecule has 0 saturated heterocycles.